The topological polar surface area (TPSA) is 26.9 Å². The van der Waals surface area contributed by atoms with Crippen LogP contribution in [0.3, 0.4) is 0 Å². The van der Waals surface area contributed by atoms with Crippen LogP contribution < -0.4 is 4.73 Å². The van der Waals surface area contributed by atoms with Gasteiger partial charge in [-0.1, -0.05) is 0 Å². The van der Waals surface area contributed by atoms with Crippen molar-refractivity contribution in [3.63, 3.8) is 0 Å². The largest absolute Gasteiger partial charge is 0.618 e. The first-order chi connectivity index (χ1) is 4.22. The first-order valence-corrected chi connectivity index (χ1v) is 3.64. The van der Waals surface area contributed by atoms with Crippen LogP contribution in [-0.2, 0) is 0 Å². The minimum Gasteiger partial charge on any atom is -0.618 e. The lowest BCUT2D eigenvalue weighted by molar-refractivity contribution is -0.613. The van der Waals surface area contributed by atoms with Gasteiger partial charge in [0.25, 0.3) is 0 Å². The van der Waals surface area contributed by atoms with Crippen LogP contribution >= 0.6 is 22.6 Å². The number of pyridine rings is 1. The average Bonchev–Trinajstić information content (AvgIpc) is 1.83. The molecule has 0 spiro atoms. The van der Waals surface area contributed by atoms with E-state index in [4.69, 9.17) is 0 Å². The molecule has 0 aliphatic heterocycles. The van der Waals surface area contributed by atoms with E-state index in [-0.39, 0.29) is 0 Å². The van der Waals surface area contributed by atoms with Crippen molar-refractivity contribution in [2.24, 2.45) is 0 Å². The Morgan fingerprint density at radius 2 is 2.33 bits per heavy atom. The molecule has 0 aliphatic carbocycles. The molecule has 0 fully saturated rings. The molecule has 1 heterocycles. The van der Waals surface area contributed by atoms with Gasteiger partial charge in [-0.05, 0) is 28.7 Å². The molecule has 0 N–H and O–H groups in total. The maximum absolute atomic E-state index is 10.8. The lowest BCUT2D eigenvalue weighted by Crippen LogP contribution is -2.29. The summed E-state index contributed by atoms with van der Waals surface area (Å²) in [6.45, 7) is 1.80. The summed E-state index contributed by atoms with van der Waals surface area (Å²) in [5.41, 5.74) is 0.762. The van der Waals surface area contributed by atoms with Crippen molar-refractivity contribution in [3.8, 4) is 0 Å². The molecule has 0 aliphatic rings. The lowest BCUT2D eigenvalue weighted by Gasteiger charge is -1.98. The third-order valence-electron chi connectivity index (χ3n) is 1.14. The molecular weight excluding hydrogens is 229 g/mol. The van der Waals surface area contributed by atoms with E-state index in [9.17, 15) is 5.21 Å². The first-order valence-electron chi connectivity index (χ1n) is 2.56. The summed E-state index contributed by atoms with van der Waals surface area (Å²) in [5.74, 6) is 0. The normalized spacial score (nSPS) is 9.56. The molecule has 0 bridgehead atoms. The minimum absolute atomic E-state index is 0.762. The predicted octanol–water partition coefficient (Wildman–Crippen LogP) is 1.23. The van der Waals surface area contributed by atoms with Crippen LogP contribution in [0, 0.1) is 15.7 Å². The fraction of sp³-hybridized carbons (Fsp3) is 0.167. The first kappa shape index (κ1) is 6.80. The molecule has 1 aromatic heterocycles. The lowest BCUT2D eigenvalue weighted by atomic mass is 10.4. The van der Waals surface area contributed by atoms with E-state index in [0.29, 0.717) is 0 Å². The van der Waals surface area contributed by atoms with Gasteiger partial charge in [-0.25, -0.2) is 0 Å². The molecule has 0 unspecified atom stereocenters. The second kappa shape index (κ2) is 2.51. The van der Waals surface area contributed by atoms with Gasteiger partial charge in [-0.2, -0.15) is 4.73 Å². The Kier molecular flexibility index (Phi) is 1.90. The van der Waals surface area contributed by atoms with Crippen LogP contribution in [0.25, 0.3) is 0 Å². The van der Waals surface area contributed by atoms with E-state index < -0.39 is 0 Å². The van der Waals surface area contributed by atoms with Crippen LogP contribution in [0.4, 0.5) is 0 Å². The van der Waals surface area contributed by atoms with Gasteiger partial charge in [0.2, 0.25) is 5.69 Å². The molecule has 48 valence electrons. The minimum atomic E-state index is 0.762. The Morgan fingerprint density at radius 1 is 1.67 bits per heavy atom. The van der Waals surface area contributed by atoms with Gasteiger partial charge >= 0.3 is 0 Å². The van der Waals surface area contributed by atoms with E-state index in [1.165, 1.54) is 6.20 Å². The van der Waals surface area contributed by atoms with E-state index >= 15 is 0 Å². The Labute approximate surface area is 67.2 Å². The highest BCUT2D eigenvalue weighted by Crippen LogP contribution is 2.03. The van der Waals surface area contributed by atoms with Crippen LogP contribution in [0.15, 0.2) is 18.3 Å². The van der Waals surface area contributed by atoms with Crippen molar-refractivity contribution in [3.05, 3.63) is 32.8 Å². The average molecular weight is 235 g/mol. The van der Waals surface area contributed by atoms with E-state index in [1.54, 1.807) is 13.0 Å². The van der Waals surface area contributed by atoms with Gasteiger partial charge in [0.15, 0.2) is 6.20 Å². The second-order valence-electron chi connectivity index (χ2n) is 1.77. The Morgan fingerprint density at radius 3 is 2.78 bits per heavy atom. The van der Waals surface area contributed by atoms with Gasteiger partial charge < -0.3 is 5.21 Å². The fourth-order valence-electron chi connectivity index (χ4n) is 0.543. The molecule has 0 amide bonds. The molecule has 1 aromatic rings. The number of aromatic nitrogens is 1. The maximum atomic E-state index is 10.8. The van der Waals surface area contributed by atoms with Gasteiger partial charge in [0.05, 0.1) is 3.57 Å². The van der Waals surface area contributed by atoms with Crippen molar-refractivity contribution in [2.75, 3.05) is 0 Å². The van der Waals surface area contributed by atoms with E-state index in [1.807, 2.05) is 6.07 Å². The molecular formula is C6H6INO. The molecule has 0 aromatic carbocycles. The molecule has 1 rings (SSSR count). The molecule has 0 atom stereocenters. The SMILES string of the molecule is Cc1c(I)ccc[n+]1[O-]. The van der Waals surface area contributed by atoms with Gasteiger partial charge in [0, 0.05) is 13.0 Å². The highest BCUT2D eigenvalue weighted by molar-refractivity contribution is 14.1. The molecule has 0 radical (unpaired) electrons. The summed E-state index contributed by atoms with van der Waals surface area (Å²) in [4.78, 5) is 0. The zero-order valence-electron chi connectivity index (χ0n) is 4.97. The van der Waals surface area contributed by atoms with Crippen LogP contribution in [-0.4, -0.2) is 0 Å². The maximum Gasteiger partial charge on any atom is 0.202 e. The highest BCUT2D eigenvalue weighted by Gasteiger charge is 1.99. The number of hydrogen-bond acceptors (Lipinski definition) is 1. The van der Waals surface area contributed by atoms with Crippen LogP contribution in [0.2, 0.25) is 0 Å². The van der Waals surface area contributed by atoms with Crippen molar-refractivity contribution >= 4 is 22.6 Å². The quantitative estimate of drug-likeness (QED) is 0.377. The zero-order chi connectivity index (χ0) is 6.85. The van der Waals surface area contributed by atoms with Crippen molar-refractivity contribution in [2.45, 2.75) is 6.92 Å². The third-order valence-corrected chi connectivity index (χ3v) is 2.28. The van der Waals surface area contributed by atoms with Gasteiger partial charge in [-0.3, -0.25) is 0 Å². The summed E-state index contributed by atoms with van der Waals surface area (Å²) in [5, 5.41) is 10.8. The Bertz CT molecular complexity index is 204. The summed E-state index contributed by atoms with van der Waals surface area (Å²) in [6.07, 6.45) is 1.50. The Hall–Kier alpha value is -0.320. The molecule has 0 saturated carbocycles. The number of rotatable bonds is 0. The van der Waals surface area contributed by atoms with Crippen LogP contribution in [0.5, 0.6) is 0 Å². The van der Waals surface area contributed by atoms with Crippen molar-refractivity contribution < 1.29 is 4.73 Å². The molecule has 9 heavy (non-hydrogen) atoms. The number of halogens is 1. The molecule has 0 saturated heterocycles. The predicted molar refractivity (Wildman–Crippen MR) is 42.9 cm³/mol. The summed E-state index contributed by atoms with van der Waals surface area (Å²) < 4.78 is 1.87. The fourth-order valence-corrected chi connectivity index (χ4v) is 0.989. The van der Waals surface area contributed by atoms with Gasteiger partial charge in [0.1, 0.15) is 0 Å². The van der Waals surface area contributed by atoms with E-state index in [2.05, 4.69) is 22.6 Å². The third kappa shape index (κ3) is 1.32. The summed E-state index contributed by atoms with van der Waals surface area (Å²) in [6, 6.07) is 3.64. The molecule has 3 heteroatoms. The number of hydrogen-bond donors (Lipinski definition) is 0. The molecule has 2 nitrogen and oxygen atoms in total. The monoisotopic (exact) mass is 235 g/mol. The highest BCUT2D eigenvalue weighted by atomic mass is 127. The van der Waals surface area contributed by atoms with Gasteiger partial charge in [-0.15, -0.1) is 0 Å². The second-order valence-corrected chi connectivity index (χ2v) is 2.93. The smallest absolute Gasteiger partial charge is 0.202 e. The Balaban J connectivity index is 3.25. The zero-order valence-corrected chi connectivity index (χ0v) is 7.12. The summed E-state index contributed by atoms with van der Waals surface area (Å²) >= 11 is 2.13. The van der Waals surface area contributed by atoms with E-state index in [0.717, 1.165) is 14.0 Å². The standard InChI is InChI=1S/C6H6INO/c1-5-6(7)3-2-4-8(5)9/h2-4H,1H3. The number of nitrogens with zero attached hydrogens (tertiary/aromatic N) is 1. The van der Waals surface area contributed by atoms with Crippen molar-refractivity contribution in [1.29, 1.82) is 0 Å². The summed E-state index contributed by atoms with van der Waals surface area (Å²) in [7, 11) is 0. The van der Waals surface area contributed by atoms with Crippen molar-refractivity contribution in [1.82, 2.24) is 0 Å². The van der Waals surface area contributed by atoms with Crippen LogP contribution in [0.1, 0.15) is 5.69 Å².